The number of hydrazine groups is 1. The summed E-state index contributed by atoms with van der Waals surface area (Å²) in [6, 6.07) is 6.77. The van der Waals surface area contributed by atoms with Crippen LogP contribution in [0, 0.1) is 6.92 Å². The average molecular weight is 441 g/mol. The summed E-state index contributed by atoms with van der Waals surface area (Å²) in [5, 5.41) is -0.433. The third-order valence-corrected chi connectivity index (χ3v) is 5.57. The summed E-state index contributed by atoms with van der Waals surface area (Å²) < 4.78 is 24.3. The summed E-state index contributed by atoms with van der Waals surface area (Å²) in [5.41, 5.74) is 5.63. The van der Waals surface area contributed by atoms with Crippen molar-refractivity contribution in [3.63, 3.8) is 0 Å². The summed E-state index contributed by atoms with van der Waals surface area (Å²) in [6.45, 7) is 3.60. The van der Waals surface area contributed by atoms with Crippen LogP contribution in [0.15, 0.2) is 40.1 Å². The minimum atomic E-state index is -3.67. The van der Waals surface area contributed by atoms with Crippen LogP contribution in [0.25, 0.3) is 0 Å². The third-order valence-electron chi connectivity index (χ3n) is 3.29. The van der Waals surface area contributed by atoms with Crippen molar-refractivity contribution in [1.29, 1.82) is 0 Å². The van der Waals surface area contributed by atoms with Crippen LogP contribution in [-0.4, -0.2) is 36.0 Å². The standard InChI is InChI=1S/C16H17BrN4O4S/c1-3-8-26(24,25)16-18-9-12(17)13(19-16)15(23)21-20-14(22)11-6-4-10(2)5-7-11/h4-7,9H,3,8H2,1-2H3,(H,20,22)(H,21,23). The summed E-state index contributed by atoms with van der Waals surface area (Å²) in [5.74, 6) is -1.41. The summed E-state index contributed by atoms with van der Waals surface area (Å²) in [7, 11) is -3.67. The largest absolute Gasteiger partial charge is 0.289 e. The van der Waals surface area contributed by atoms with E-state index in [9.17, 15) is 18.0 Å². The Morgan fingerprint density at radius 3 is 2.35 bits per heavy atom. The molecule has 26 heavy (non-hydrogen) atoms. The van der Waals surface area contributed by atoms with E-state index in [2.05, 4.69) is 36.7 Å². The molecule has 2 N–H and O–H groups in total. The second-order valence-corrected chi connectivity index (χ2v) is 8.30. The maximum atomic E-state index is 12.3. The first-order chi connectivity index (χ1) is 12.2. The van der Waals surface area contributed by atoms with E-state index < -0.39 is 26.8 Å². The first kappa shape index (κ1) is 20.0. The Morgan fingerprint density at radius 2 is 1.73 bits per heavy atom. The van der Waals surface area contributed by atoms with Crippen molar-refractivity contribution in [2.24, 2.45) is 0 Å². The Kier molecular flexibility index (Phi) is 6.43. The fourth-order valence-corrected chi connectivity index (χ4v) is 3.50. The number of aryl methyl sites for hydroxylation is 1. The van der Waals surface area contributed by atoms with E-state index >= 15 is 0 Å². The molecular weight excluding hydrogens is 424 g/mol. The molecule has 0 bridgehead atoms. The number of carbonyl (C=O) groups is 2. The molecule has 0 aliphatic carbocycles. The zero-order valence-electron chi connectivity index (χ0n) is 14.1. The van der Waals surface area contributed by atoms with Crippen molar-refractivity contribution in [1.82, 2.24) is 20.8 Å². The van der Waals surface area contributed by atoms with E-state index in [-0.39, 0.29) is 15.9 Å². The van der Waals surface area contributed by atoms with Gasteiger partial charge in [0, 0.05) is 11.8 Å². The van der Waals surface area contributed by atoms with E-state index in [1.54, 1.807) is 31.2 Å². The van der Waals surface area contributed by atoms with Gasteiger partial charge in [0.1, 0.15) is 5.69 Å². The number of rotatable bonds is 5. The van der Waals surface area contributed by atoms with Gasteiger partial charge in [0.05, 0.1) is 10.2 Å². The molecular formula is C16H17BrN4O4S. The normalized spacial score (nSPS) is 11.0. The minimum absolute atomic E-state index is 0.125. The lowest BCUT2D eigenvalue weighted by molar-refractivity contribution is 0.0843. The molecule has 2 aromatic rings. The topological polar surface area (TPSA) is 118 Å². The van der Waals surface area contributed by atoms with Gasteiger partial charge in [-0.1, -0.05) is 24.6 Å². The number of amides is 2. The lowest BCUT2D eigenvalue weighted by atomic mass is 10.1. The maximum absolute atomic E-state index is 12.3. The van der Waals surface area contributed by atoms with E-state index in [0.717, 1.165) is 5.56 Å². The predicted octanol–water partition coefficient (Wildman–Crippen LogP) is 1.81. The highest BCUT2D eigenvalue weighted by molar-refractivity contribution is 9.10. The minimum Gasteiger partial charge on any atom is -0.267 e. The van der Waals surface area contributed by atoms with E-state index in [1.165, 1.54) is 6.20 Å². The molecule has 1 aromatic heterocycles. The molecule has 0 atom stereocenters. The zero-order chi connectivity index (χ0) is 19.3. The van der Waals surface area contributed by atoms with Crippen LogP contribution in [-0.2, 0) is 9.84 Å². The van der Waals surface area contributed by atoms with Crippen LogP contribution < -0.4 is 10.9 Å². The van der Waals surface area contributed by atoms with Gasteiger partial charge in [0.25, 0.3) is 11.8 Å². The van der Waals surface area contributed by atoms with E-state index in [1.807, 2.05) is 6.92 Å². The number of hydrogen-bond acceptors (Lipinski definition) is 6. The van der Waals surface area contributed by atoms with Crippen molar-refractivity contribution < 1.29 is 18.0 Å². The van der Waals surface area contributed by atoms with Gasteiger partial charge in [-0.25, -0.2) is 18.4 Å². The van der Waals surface area contributed by atoms with Gasteiger partial charge in [-0.2, -0.15) is 0 Å². The number of nitrogens with zero attached hydrogens (tertiary/aromatic N) is 2. The fraction of sp³-hybridized carbons (Fsp3) is 0.250. The molecule has 2 rings (SSSR count). The van der Waals surface area contributed by atoms with Gasteiger partial charge in [-0.15, -0.1) is 0 Å². The second-order valence-electron chi connectivity index (χ2n) is 5.44. The lowest BCUT2D eigenvalue weighted by Gasteiger charge is -2.09. The maximum Gasteiger partial charge on any atom is 0.289 e. The molecule has 10 heteroatoms. The molecule has 0 spiro atoms. The van der Waals surface area contributed by atoms with Crippen molar-refractivity contribution >= 4 is 37.6 Å². The number of benzene rings is 1. The Hall–Kier alpha value is -2.33. The summed E-state index contributed by atoms with van der Waals surface area (Å²) >= 11 is 3.10. The van der Waals surface area contributed by atoms with Crippen molar-refractivity contribution in [2.75, 3.05) is 5.75 Å². The third kappa shape index (κ3) is 4.85. The number of aromatic nitrogens is 2. The number of nitrogens with one attached hydrogen (secondary N) is 2. The SMILES string of the molecule is CCCS(=O)(=O)c1ncc(Br)c(C(=O)NNC(=O)c2ccc(C)cc2)n1. The van der Waals surface area contributed by atoms with E-state index in [0.29, 0.717) is 12.0 Å². The molecule has 0 fully saturated rings. The predicted molar refractivity (Wildman–Crippen MR) is 98.2 cm³/mol. The molecule has 8 nitrogen and oxygen atoms in total. The highest BCUT2D eigenvalue weighted by atomic mass is 79.9. The fourth-order valence-electron chi connectivity index (χ4n) is 1.97. The Balaban J connectivity index is 2.14. The van der Waals surface area contributed by atoms with Gasteiger partial charge in [-0.3, -0.25) is 20.4 Å². The molecule has 1 heterocycles. The van der Waals surface area contributed by atoms with Gasteiger partial charge in [-0.05, 0) is 41.4 Å². The van der Waals surface area contributed by atoms with Crippen molar-refractivity contribution in [3.8, 4) is 0 Å². The summed E-state index contributed by atoms with van der Waals surface area (Å²) in [4.78, 5) is 31.8. The number of carbonyl (C=O) groups excluding carboxylic acids is 2. The molecule has 2 amide bonds. The number of halogens is 1. The van der Waals surface area contributed by atoms with Crippen LogP contribution in [0.1, 0.15) is 39.8 Å². The molecule has 0 aliphatic rings. The molecule has 138 valence electrons. The Morgan fingerprint density at radius 1 is 1.12 bits per heavy atom. The van der Waals surface area contributed by atoms with Gasteiger partial charge in [0.2, 0.25) is 15.0 Å². The highest BCUT2D eigenvalue weighted by Crippen LogP contribution is 2.16. The lowest BCUT2D eigenvalue weighted by Crippen LogP contribution is -2.42. The molecule has 0 saturated carbocycles. The Bertz CT molecular complexity index is 930. The average Bonchev–Trinajstić information content (AvgIpc) is 2.60. The first-order valence-corrected chi connectivity index (χ1v) is 10.1. The van der Waals surface area contributed by atoms with Gasteiger partial charge >= 0.3 is 0 Å². The van der Waals surface area contributed by atoms with Crippen LogP contribution in [0.4, 0.5) is 0 Å². The molecule has 0 radical (unpaired) electrons. The molecule has 0 aliphatic heterocycles. The smallest absolute Gasteiger partial charge is 0.267 e. The molecule has 0 saturated heterocycles. The summed E-state index contributed by atoms with van der Waals surface area (Å²) in [6.07, 6.45) is 1.59. The number of hydrogen-bond donors (Lipinski definition) is 2. The number of sulfone groups is 1. The van der Waals surface area contributed by atoms with Gasteiger partial charge in [0.15, 0.2) is 0 Å². The highest BCUT2D eigenvalue weighted by Gasteiger charge is 2.21. The van der Waals surface area contributed by atoms with Crippen LogP contribution in [0.5, 0.6) is 0 Å². The van der Waals surface area contributed by atoms with Gasteiger partial charge < -0.3 is 0 Å². The molecule has 0 unspecified atom stereocenters. The monoisotopic (exact) mass is 440 g/mol. The van der Waals surface area contributed by atoms with Crippen LogP contribution in [0.2, 0.25) is 0 Å². The molecule has 1 aromatic carbocycles. The van der Waals surface area contributed by atoms with Crippen LogP contribution >= 0.6 is 15.9 Å². The quantitative estimate of drug-likeness (QED) is 0.540. The van der Waals surface area contributed by atoms with Crippen molar-refractivity contribution in [2.45, 2.75) is 25.4 Å². The zero-order valence-corrected chi connectivity index (χ0v) is 16.5. The second kappa shape index (κ2) is 8.37. The Labute approximate surface area is 159 Å². The van der Waals surface area contributed by atoms with Crippen molar-refractivity contribution in [3.05, 3.63) is 51.8 Å². The van der Waals surface area contributed by atoms with E-state index in [4.69, 9.17) is 0 Å². The van der Waals surface area contributed by atoms with Crippen LogP contribution in [0.3, 0.4) is 0 Å². The first-order valence-electron chi connectivity index (χ1n) is 7.67.